The van der Waals surface area contributed by atoms with Gasteiger partial charge in [-0.3, -0.25) is 14.4 Å². The van der Waals surface area contributed by atoms with Crippen molar-refractivity contribution in [3.8, 4) is 0 Å². The van der Waals surface area contributed by atoms with E-state index >= 15 is 0 Å². The zero-order chi connectivity index (χ0) is 19.4. The van der Waals surface area contributed by atoms with Crippen LogP contribution in [-0.2, 0) is 9.59 Å². The van der Waals surface area contributed by atoms with Crippen LogP contribution in [0.15, 0.2) is 24.3 Å². The highest BCUT2D eigenvalue weighted by Crippen LogP contribution is 2.31. The highest BCUT2D eigenvalue weighted by atomic mass is 16.2. The number of hydrogen-bond acceptors (Lipinski definition) is 5. The van der Waals surface area contributed by atoms with Gasteiger partial charge >= 0.3 is 0 Å². The monoisotopic (exact) mass is 373 g/mol. The highest BCUT2D eigenvalue weighted by Gasteiger charge is 2.40. The van der Waals surface area contributed by atoms with E-state index in [1.54, 1.807) is 11.0 Å². The fourth-order valence-corrected chi connectivity index (χ4v) is 3.48. The molecule has 1 fully saturated rings. The molecule has 0 aliphatic carbocycles. The van der Waals surface area contributed by atoms with Crippen LogP contribution in [0.4, 0.5) is 5.69 Å². The maximum absolute atomic E-state index is 12.5. The molecule has 1 aromatic carbocycles. The summed E-state index contributed by atoms with van der Waals surface area (Å²) >= 11 is 0. The zero-order valence-electron chi connectivity index (χ0n) is 15.9. The number of hydrogen-bond donors (Lipinski definition) is 3. The summed E-state index contributed by atoms with van der Waals surface area (Å²) < 4.78 is 0. The van der Waals surface area contributed by atoms with Gasteiger partial charge < -0.3 is 25.8 Å². The summed E-state index contributed by atoms with van der Waals surface area (Å²) in [6.07, 6.45) is 1.31. The number of benzene rings is 1. The molecular weight excluding hydrogens is 346 g/mol. The maximum Gasteiger partial charge on any atom is 0.255 e. The van der Waals surface area contributed by atoms with E-state index in [1.807, 2.05) is 37.2 Å². The minimum atomic E-state index is -0.656. The van der Waals surface area contributed by atoms with Gasteiger partial charge in [-0.25, -0.2) is 0 Å². The molecule has 0 saturated carbocycles. The molecule has 0 radical (unpaired) electrons. The molecule has 146 valence electrons. The number of rotatable bonds is 5. The number of carbonyl (C=O) groups excluding carboxylic acids is 3. The molecule has 1 saturated heterocycles. The summed E-state index contributed by atoms with van der Waals surface area (Å²) in [6, 6.07) is 7.35. The van der Waals surface area contributed by atoms with Crippen molar-refractivity contribution in [2.45, 2.75) is 24.9 Å². The summed E-state index contributed by atoms with van der Waals surface area (Å²) in [4.78, 5) is 40.6. The molecule has 3 rings (SSSR count). The van der Waals surface area contributed by atoms with Crippen molar-refractivity contribution in [1.82, 2.24) is 20.4 Å². The van der Waals surface area contributed by atoms with Gasteiger partial charge in [0.15, 0.2) is 0 Å². The Morgan fingerprint density at radius 3 is 2.78 bits per heavy atom. The second-order valence-corrected chi connectivity index (χ2v) is 7.43. The maximum atomic E-state index is 12.5. The van der Waals surface area contributed by atoms with Gasteiger partial charge in [-0.2, -0.15) is 0 Å². The smallest absolute Gasteiger partial charge is 0.255 e. The Labute approximate surface area is 159 Å². The zero-order valence-corrected chi connectivity index (χ0v) is 15.9. The largest absolute Gasteiger partial charge is 0.362 e. The molecule has 2 aliphatic heterocycles. The predicted molar refractivity (Wildman–Crippen MR) is 102 cm³/mol. The Bertz CT molecular complexity index is 736. The van der Waals surface area contributed by atoms with E-state index in [1.165, 1.54) is 0 Å². The first kappa shape index (κ1) is 19.2. The van der Waals surface area contributed by atoms with Crippen molar-refractivity contribution < 1.29 is 14.4 Å². The molecule has 0 unspecified atom stereocenters. The predicted octanol–water partition coefficient (Wildman–Crippen LogP) is 0.229. The van der Waals surface area contributed by atoms with Crippen molar-refractivity contribution in [3.05, 3.63) is 29.8 Å². The fourth-order valence-electron chi connectivity index (χ4n) is 3.48. The van der Waals surface area contributed by atoms with E-state index in [2.05, 4.69) is 16.0 Å². The number of likely N-dealkylation sites (tertiary alicyclic amines) is 1. The third kappa shape index (κ3) is 4.57. The van der Waals surface area contributed by atoms with Crippen molar-refractivity contribution >= 4 is 23.4 Å². The van der Waals surface area contributed by atoms with Gasteiger partial charge in [0.2, 0.25) is 11.8 Å². The molecule has 0 bridgehead atoms. The SMILES string of the molecule is CN(C)CCNC(=O)CN1CC[C@]2(CCC1=O)NC(=O)c1ccccc1N2. The second-order valence-electron chi connectivity index (χ2n) is 7.43. The fraction of sp³-hybridized carbons (Fsp3) is 0.526. The van der Waals surface area contributed by atoms with Crippen LogP contribution < -0.4 is 16.0 Å². The number of nitrogens with zero attached hydrogens (tertiary/aromatic N) is 2. The Kier molecular flexibility index (Phi) is 5.65. The molecule has 0 aromatic heterocycles. The molecule has 1 atom stereocenters. The molecule has 8 nitrogen and oxygen atoms in total. The standard InChI is InChI=1S/C19H27N5O3/c1-23(2)12-10-20-16(25)13-24-11-9-19(8-7-17(24)26)21-15-6-4-3-5-14(15)18(27)22-19/h3-6,21H,7-13H2,1-2H3,(H,20,25)(H,22,27)/t19-/m0/s1. The quantitative estimate of drug-likeness (QED) is 0.687. The summed E-state index contributed by atoms with van der Waals surface area (Å²) in [7, 11) is 3.88. The molecule has 1 spiro atoms. The summed E-state index contributed by atoms with van der Waals surface area (Å²) in [5.41, 5.74) is 0.733. The Hall–Kier alpha value is -2.61. The molecule has 3 amide bonds. The van der Waals surface area contributed by atoms with E-state index in [-0.39, 0.29) is 30.7 Å². The normalized spacial score (nSPS) is 22.1. The number of carbonyl (C=O) groups is 3. The van der Waals surface area contributed by atoms with Crippen LogP contribution in [0.2, 0.25) is 0 Å². The van der Waals surface area contributed by atoms with Crippen molar-refractivity contribution in [1.29, 1.82) is 0 Å². The van der Waals surface area contributed by atoms with Crippen LogP contribution >= 0.6 is 0 Å². The lowest BCUT2D eigenvalue weighted by molar-refractivity contribution is -0.135. The van der Waals surface area contributed by atoms with E-state index in [9.17, 15) is 14.4 Å². The summed E-state index contributed by atoms with van der Waals surface area (Å²) in [5.74, 6) is -0.358. The summed E-state index contributed by atoms with van der Waals surface area (Å²) in [5, 5.41) is 9.27. The lowest BCUT2D eigenvalue weighted by Crippen LogP contribution is -2.58. The highest BCUT2D eigenvalue weighted by molar-refractivity contribution is 6.02. The first-order valence-corrected chi connectivity index (χ1v) is 9.27. The number of fused-ring (bicyclic) bond motifs is 1. The van der Waals surface area contributed by atoms with Crippen LogP contribution in [0.1, 0.15) is 29.6 Å². The van der Waals surface area contributed by atoms with Crippen LogP contribution in [0.5, 0.6) is 0 Å². The molecule has 3 N–H and O–H groups in total. The van der Waals surface area contributed by atoms with E-state index in [0.717, 1.165) is 12.2 Å². The van der Waals surface area contributed by atoms with Crippen LogP contribution in [0.3, 0.4) is 0 Å². The average molecular weight is 373 g/mol. The number of likely N-dealkylation sites (N-methyl/N-ethyl adjacent to an activating group) is 1. The lowest BCUT2D eigenvalue weighted by atomic mass is 9.95. The topological polar surface area (TPSA) is 93.8 Å². The molecule has 2 heterocycles. The third-order valence-corrected chi connectivity index (χ3v) is 5.04. The number of para-hydroxylation sites is 1. The minimum absolute atomic E-state index is 0.0485. The van der Waals surface area contributed by atoms with Gasteiger partial charge in [0, 0.05) is 38.2 Å². The first-order chi connectivity index (χ1) is 12.9. The van der Waals surface area contributed by atoms with E-state index in [0.29, 0.717) is 31.5 Å². The van der Waals surface area contributed by atoms with Crippen LogP contribution in [-0.4, -0.2) is 73.5 Å². The van der Waals surface area contributed by atoms with Gasteiger partial charge in [-0.1, -0.05) is 12.1 Å². The number of nitrogens with one attached hydrogen (secondary N) is 3. The van der Waals surface area contributed by atoms with Crippen molar-refractivity contribution in [2.75, 3.05) is 45.6 Å². The Morgan fingerprint density at radius 2 is 2.00 bits per heavy atom. The molecule has 27 heavy (non-hydrogen) atoms. The van der Waals surface area contributed by atoms with Crippen molar-refractivity contribution in [3.63, 3.8) is 0 Å². The number of anilines is 1. The minimum Gasteiger partial charge on any atom is -0.362 e. The van der Waals surface area contributed by atoms with Crippen LogP contribution in [0, 0.1) is 0 Å². The van der Waals surface area contributed by atoms with Gasteiger partial charge in [0.05, 0.1) is 12.1 Å². The molecule has 2 aliphatic rings. The van der Waals surface area contributed by atoms with Crippen molar-refractivity contribution in [2.24, 2.45) is 0 Å². The van der Waals surface area contributed by atoms with E-state index in [4.69, 9.17) is 0 Å². The van der Waals surface area contributed by atoms with Gasteiger partial charge in [0.25, 0.3) is 5.91 Å². The van der Waals surface area contributed by atoms with E-state index < -0.39 is 5.66 Å². The summed E-state index contributed by atoms with van der Waals surface area (Å²) in [6.45, 7) is 1.76. The molecular formula is C19H27N5O3. The average Bonchev–Trinajstić information content (AvgIpc) is 2.76. The van der Waals surface area contributed by atoms with Gasteiger partial charge in [0.1, 0.15) is 5.66 Å². The number of amides is 3. The third-order valence-electron chi connectivity index (χ3n) is 5.04. The Morgan fingerprint density at radius 1 is 1.22 bits per heavy atom. The molecule has 8 heteroatoms. The van der Waals surface area contributed by atoms with Crippen LogP contribution in [0.25, 0.3) is 0 Å². The second kappa shape index (κ2) is 7.96. The Balaban J connectivity index is 1.62. The van der Waals surface area contributed by atoms with Gasteiger partial charge in [-0.15, -0.1) is 0 Å². The first-order valence-electron chi connectivity index (χ1n) is 9.27. The lowest BCUT2D eigenvalue weighted by Gasteiger charge is -2.39. The molecule has 1 aromatic rings. The van der Waals surface area contributed by atoms with Gasteiger partial charge in [-0.05, 0) is 32.6 Å².